The topological polar surface area (TPSA) is 115 Å². The fraction of sp³-hybridized carbons (Fsp3) is 0.667. The number of unbranched alkanes of at least 4 members (excludes halogenated alkanes) is 1. The molecule has 2 aliphatic heterocycles. The fourth-order valence-corrected chi connectivity index (χ4v) is 8.13. The molecular weight excluding hydrogens is 583 g/mol. The van der Waals surface area contributed by atoms with Crippen molar-refractivity contribution in [3.05, 3.63) is 39.7 Å². The summed E-state index contributed by atoms with van der Waals surface area (Å²) in [5, 5.41) is 5.80. The molecule has 4 rings (SSSR count). The van der Waals surface area contributed by atoms with E-state index in [9.17, 15) is 31.2 Å². The molecule has 3 heterocycles. The van der Waals surface area contributed by atoms with Crippen molar-refractivity contribution in [2.75, 3.05) is 43.4 Å². The van der Waals surface area contributed by atoms with Crippen molar-refractivity contribution in [2.24, 2.45) is 5.92 Å². The molecule has 2 fully saturated rings. The summed E-state index contributed by atoms with van der Waals surface area (Å²) in [6.45, 7) is 6.47. The molecule has 3 N–H and O–H groups in total. The Morgan fingerprint density at radius 1 is 1.05 bits per heavy atom. The number of halogens is 3. The van der Waals surface area contributed by atoms with Crippen molar-refractivity contribution in [1.29, 1.82) is 0 Å². The number of alkyl halides is 3. The van der Waals surface area contributed by atoms with Gasteiger partial charge in [0.15, 0.2) is 0 Å². The number of piperidine rings is 1. The van der Waals surface area contributed by atoms with E-state index in [0.29, 0.717) is 68.8 Å². The van der Waals surface area contributed by atoms with Gasteiger partial charge in [-0.15, -0.1) is 0 Å². The van der Waals surface area contributed by atoms with Crippen LogP contribution in [0.4, 0.5) is 23.7 Å². The number of benzene rings is 1. The third kappa shape index (κ3) is 8.43. The molecule has 0 radical (unpaired) electrons. The Bertz CT molecular complexity index is 1420. The van der Waals surface area contributed by atoms with Crippen molar-refractivity contribution in [3.8, 4) is 0 Å². The highest BCUT2D eigenvalue weighted by Gasteiger charge is 2.35. The van der Waals surface area contributed by atoms with Crippen molar-refractivity contribution in [2.45, 2.75) is 83.9 Å². The van der Waals surface area contributed by atoms with Crippen LogP contribution in [0.25, 0.3) is 10.9 Å². The highest BCUT2D eigenvalue weighted by atomic mass is 32.2. The van der Waals surface area contributed by atoms with Crippen molar-refractivity contribution >= 4 is 32.6 Å². The number of carbonyl (C=O) groups is 1. The first-order chi connectivity index (χ1) is 20.4. The third-order valence-electron chi connectivity index (χ3n) is 8.79. The maximum absolute atomic E-state index is 13.8. The molecule has 13 heteroatoms. The maximum atomic E-state index is 13.8. The number of H-pyrrole nitrogens is 1. The van der Waals surface area contributed by atoms with Gasteiger partial charge >= 0.3 is 12.2 Å². The molecule has 2 saturated heterocycles. The summed E-state index contributed by atoms with van der Waals surface area (Å²) in [5.41, 5.74) is -0.369. The van der Waals surface area contributed by atoms with E-state index in [4.69, 9.17) is 0 Å². The van der Waals surface area contributed by atoms with Crippen LogP contribution >= 0.6 is 0 Å². The Labute approximate surface area is 251 Å². The molecule has 2 aromatic rings. The second-order valence-electron chi connectivity index (χ2n) is 11.8. The number of amides is 2. The van der Waals surface area contributed by atoms with Crippen molar-refractivity contribution in [1.82, 2.24) is 19.9 Å². The molecule has 240 valence electrons. The van der Waals surface area contributed by atoms with Gasteiger partial charge in [0.05, 0.1) is 11.3 Å². The second-order valence-corrected chi connectivity index (χ2v) is 13.9. The van der Waals surface area contributed by atoms with E-state index in [1.165, 1.54) is 6.07 Å². The summed E-state index contributed by atoms with van der Waals surface area (Å²) >= 11 is 0. The zero-order chi connectivity index (χ0) is 31.2. The van der Waals surface area contributed by atoms with E-state index in [1.54, 1.807) is 17.3 Å². The highest BCUT2D eigenvalue weighted by Crippen LogP contribution is 2.39. The van der Waals surface area contributed by atoms with Gasteiger partial charge in [-0.2, -0.15) is 13.2 Å². The first kappa shape index (κ1) is 33.1. The number of anilines is 1. The Balaban J connectivity index is 1.21. The smallest absolute Gasteiger partial charge is 0.368 e. The molecule has 0 bridgehead atoms. The van der Waals surface area contributed by atoms with Crippen LogP contribution in [-0.2, 0) is 16.2 Å². The van der Waals surface area contributed by atoms with Crippen LogP contribution in [0.5, 0.6) is 0 Å². The SMILES string of the molecule is CCCCS(=O)(=O)N1CCC(CCCNC(=O)NCCC2CCCN2c2ccc3[nH]c(=O)cc(C(F)(F)F)c3c2C)CC1. The number of aryl methyl sites for hydroxylation is 1. The average Bonchev–Trinajstić information content (AvgIpc) is 3.42. The number of sulfonamides is 1. The number of pyridine rings is 1. The van der Waals surface area contributed by atoms with Gasteiger partial charge in [-0.3, -0.25) is 4.79 Å². The number of rotatable bonds is 12. The second kappa shape index (κ2) is 14.3. The number of aromatic amines is 1. The number of urea groups is 1. The Kier molecular flexibility index (Phi) is 11.0. The average molecular weight is 628 g/mol. The monoisotopic (exact) mass is 627 g/mol. The maximum Gasteiger partial charge on any atom is 0.417 e. The number of hydrogen-bond acceptors (Lipinski definition) is 5. The molecular formula is C30H44F3N5O4S. The standard InChI is InChI=1S/C30H44F3N5O4S/c1-3-4-19-43(41,42)37-17-12-22(13-18-37)7-5-14-34-29(40)35-15-11-23-8-6-16-38(23)26-10-9-25-28(21(26)2)24(30(31,32)33)20-27(39)36-25/h9-10,20,22-23H,3-8,11-19H2,1-2H3,(H,36,39)(H2,34,35,40). The Morgan fingerprint density at radius 2 is 1.77 bits per heavy atom. The zero-order valence-electron chi connectivity index (χ0n) is 25.1. The van der Waals surface area contributed by atoms with Gasteiger partial charge in [-0.1, -0.05) is 13.3 Å². The number of nitrogens with one attached hydrogen (secondary N) is 3. The molecule has 1 unspecified atom stereocenters. The number of nitrogens with zero attached hydrogens (tertiary/aromatic N) is 2. The summed E-state index contributed by atoms with van der Waals surface area (Å²) in [6, 6.07) is 3.75. The lowest BCUT2D eigenvalue weighted by molar-refractivity contribution is -0.136. The highest BCUT2D eigenvalue weighted by molar-refractivity contribution is 7.89. The lowest BCUT2D eigenvalue weighted by Crippen LogP contribution is -2.40. The van der Waals surface area contributed by atoms with E-state index in [-0.39, 0.29) is 28.7 Å². The zero-order valence-corrected chi connectivity index (χ0v) is 25.9. The van der Waals surface area contributed by atoms with E-state index in [2.05, 4.69) is 20.5 Å². The van der Waals surface area contributed by atoms with E-state index >= 15 is 0 Å². The van der Waals surface area contributed by atoms with E-state index < -0.39 is 27.3 Å². The lowest BCUT2D eigenvalue weighted by atomic mass is 9.93. The molecule has 1 atom stereocenters. The Morgan fingerprint density at radius 3 is 2.47 bits per heavy atom. The normalized spacial score (nSPS) is 18.8. The minimum atomic E-state index is -4.65. The minimum Gasteiger partial charge on any atom is -0.368 e. The summed E-state index contributed by atoms with van der Waals surface area (Å²) in [4.78, 5) is 28.8. The van der Waals surface area contributed by atoms with Gasteiger partial charge in [0.25, 0.3) is 0 Å². The van der Waals surface area contributed by atoms with Gasteiger partial charge in [-0.05, 0) is 81.9 Å². The lowest BCUT2D eigenvalue weighted by Gasteiger charge is -2.31. The molecule has 0 saturated carbocycles. The summed E-state index contributed by atoms with van der Waals surface area (Å²) in [7, 11) is -3.15. The van der Waals surface area contributed by atoms with Crippen LogP contribution in [0.15, 0.2) is 23.0 Å². The minimum absolute atomic E-state index is 0.00955. The van der Waals surface area contributed by atoms with Crippen molar-refractivity contribution in [3.63, 3.8) is 0 Å². The first-order valence-corrected chi connectivity index (χ1v) is 17.0. The predicted molar refractivity (Wildman–Crippen MR) is 163 cm³/mol. The van der Waals surface area contributed by atoms with Gasteiger partial charge in [0, 0.05) is 61.4 Å². The van der Waals surface area contributed by atoms with Crippen LogP contribution in [0.3, 0.4) is 0 Å². The molecule has 0 spiro atoms. The van der Waals surface area contributed by atoms with Gasteiger partial charge in [0.2, 0.25) is 15.6 Å². The molecule has 43 heavy (non-hydrogen) atoms. The van der Waals surface area contributed by atoms with E-state index in [0.717, 1.165) is 44.9 Å². The molecule has 1 aromatic heterocycles. The molecule has 9 nitrogen and oxygen atoms in total. The van der Waals surface area contributed by atoms with Crippen molar-refractivity contribution < 1.29 is 26.4 Å². The summed E-state index contributed by atoms with van der Waals surface area (Å²) < 4.78 is 67.7. The summed E-state index contributed by atoms with van der Waals surface area (Å²) in [6.07, 6.45) is 2.79. The van der Waals surface area contributed by atoms with E-state index in [1.807, 2.05) is 6.92 Å². The van der Waals surface area contributed by atoms with Gasteiger partial charge in [-0.25, -0.2) is 17.5 Å². The van der Waals surface area contributed by atoms with Crippen LogP contribution in [0.1, 0.15) is 75.8 Å². The molecule has 2 amide bonds. The third-order valence-corrected chi connectivity index (χ3v) is 10.7. The predicted octanol–water partition coefficient (Wildman–Crippen LogP) is 5.14. The quantitative estimate of drug-likeness (QED) is 0.282. The number of carbonyl (C=O) groups excluding carboxylic acids is 1. The Hall–Kier alpha value is -2.80. The van der Waals surface area contributed by atoms with Crippen LogP contribution in [0.2, 0.25) is 0 Å². The van der Waals surface area contributed by atoms with Gasteiger partial charge < -0.3 is 20.5 Å². The number of hydrogen-bond donors (Lipinski definition) is 3. The van der Waals surface area contributed by atoms with Crippen LogP contribution in [-0.4, -0.2) is 68.3 Å². The number of aromatic nitrogens is 1. The van der Waals surface area contributed by atoms with Gasteiger partial charge in [0.1, 0.15) is 0 Å². The fourth-order valence-electron chi connectivity index (χ4n) is 6.45. The van der Waals surface area contributed by atoms with Crippen LogP contribution < -0.4 is 21.1 Å². The molecule has 2 aliphatic rings. The molecule has 0 aliphatic carbocycles. The van der Waals surface area contributed by atoms with Crippen LogP contribution in [0, 0.1) is 12.8 Å². The largest absolute Gasteiger partial charge is 0.417 e. The summed E-state index contributed by atoms with van der Waals surface area (Å²) in [5.74, 6) is 0.683. The molecule has 1 aromatic carbocycles. The first-order valence-electron chi connectivity index (χ1n) is 15.4. The number of fused-ring (bicyclic) bond motifs is 1.